The highest BCUT2D eigenvalue weighted by Gasteiger charge is 2.43. The first-order valence-corrected chi connectivity index (χ1v) is 16.3. The van der Waals surface area contributed by atoms with Crippen LogP contribution in [-0.2, 0) is 8.99 Å². The molecule has 3 nitrogen and oxygen atoms in total. The zero-order valence-corrected chi connectivity index (χ0v) is 21.6. The second kappa shape index (κ2) is 9.75. The molecule has 2 aromatic rings. The third-order valence-electron chi connectivity index (χ3n) is 7.27. The molecule has 3 rings (SSSR count). The van der Waals surface area contributed by atoms with Crippen LogP contribution >= 0.6 is 7.14 Å². The van der Waals surface area contributed by atoms with Crippen molar-refractivity contribution in [2.75, 3.05) is 0 Å². The summed E-state index contributed by atoms with van der Waals surface area (Å²) in [7, 11) is -4.82. The van der Waals surface area contributed by atoms with E-state index in [1.54, 1.807) is 0 Å². The Hall–Kier alpha value is -1.19. The smallest absolute Gasteiger partial charge is 0.192 e. The second-order valence-corrected chi connectivity index (χ2v) is 18.2. The standard InChI is InChI=1S/C26H39O3PSi/c1-26(2,3)31(4,5)29-21-13-12-18-25(24(27)20-19-21)30(28,22-14-8-6-9-15-22)23-16-10-7-11-17-23/h6-11,14-17,21,24-25,27H,12-13,18-20H2,1-5H3/t21?,24-,25-/m0/s1. The SMILES string of the molecule is CC(C)(C)[Si](C)(C)OC1CCC[C@H](P(=O)(c2ccccc2)c2ccccc2)[C@@H](O)CC1. The maximum atomic E-state index is 14.7. The van der Waals surface area contributed by atoms with Gasteiger partial charge in [0.2, 0.25) is 0 Å². The molecule has 0 saturated heterocycles. The van der Waals surface area contributed by atoms with Gasteiger partial charge in [0.05, 0.1) is 6.10 Å². The molecule has 1 fully saturated rings. The van der Waals surface area contributed by atoms with Crippen LogP contribution in [0.1, 0.15) is 52.9 Å². The minimum absolute atomic E-state index is 0.173. The van der Waals surface area contributed by atoms with Crippen LogP contribution in [0.15, 0.2) is 60.7 Å². The molecule has 0 amide bonds. The van der Waals surface area contributed by atoms with E-state index < -0.39 is 21.6 Å². The van der Waals surface area contributed by atoms with Crippen LogP contribution in [0.5, 0.6) is 0 Å². The highest BCUT2D eigenvalue weighted by molar-refractivity contribution is 7.79. The molecule has 1 N–H and O–H groups in total. The highest BCUT2D eigenvalue weighted by Crippen LogP contribution is 2.53. The normalized spacial score (nSPS) is 23.7. The van der Waals surface area contributed by atoms with Crippen molar-refractivity contribution in [3.63, 3.8) is 0 Å². The van der Waals surface area contributed by atoms with Gasteiger partial charge in [0.25, 0.3) is 0 Å². The Morgan fingerprint density at radius 2 is 1.39 bits per heavy atom. The van der Waals surface area contributed by atoms with Crippen molar-refractivity contribution in [2.24, 2.45) is 0 Å². The molecule has 31 heavy (non-hydrogen) atoms. The lowest BCUT2D eigenvalue weighted by Gasteiger charge is -2.41. The Balaban J connectivity index is 1.85. The fraction of sp³-hybridized carbons (Fsp3) is 0.538. The number of hydrogen-bond donors (Lipinski definition) is 1. The molecule has 2 aromatic carbocycles. The molecule has 5 heteroatoms. The van der Waals surface area contributed by atoms with E-state index in [0.717, 1.165) is 36.3 Å². The van der Waals surface area contributed by atoms with Gasteiger partial charge >= 0.3 is 0 Å². The number of aliphatic hydroxyl groups is 1. The van der Waals surface area contributed by atoms with Gasteiger partial charge in [0, 0.05) is 22.4 Å². The number of benzene rings is 2. The van der Waals surface area contributed by atoms with E-state index in [1.165, 1.54) is 0 Å². The van der Waals surface area contributed by atoms with Crippen LogP contribution in [0, 0.1) is 0 Å². The fourth-order valence-electron chi connectivity index (χ4n) is 4.41. The van der Waals surface area contributed by atoms with Gasteiger partial charge in [-0.2, -0.15) is 0 Å². The Morgan fingerprint density at radius 1 is 0.871 bits per heavy atom. The zero-order valence-electron chi connectivity index (χ0n) is 19.8. The minimum Gasteiger partial charge on any atom is -0.414 e. The second-order valence-electron chi connectivity index (χ2n) is 10.5. The van der Waals surface area contributed by atoms with E-state index in [1.807, 2.05) is 60.7 Å². The summed E-state index contributed by atoms with van der Waals surface area (Å²) in [5, 5.41) is 13.2. The van der Waals surface area contributed by atoms with Crippen molar-refractivity contribution in [1.82, 2.24) is 0 Å². The molecule has 0 spiro atoms. The summed E-state index contributed by atoms with van der Waals surface area (Å²) in [6, 6.07) is 19.5. The molecular formula is C26H39O3PSi. The van der Waals surface area contributed by atoms with Crippen molar-refractivity contribution in [2.45, 2.75) is 88.9 Å². The summed E-state index contributed by atoms with van der Waals surface area (Å²) in [5.41, 5.74) is -0.258. The summed E-state index contributed by atoms with van der Waals surface area (Å²) < 4.78 is 21.4. The lowest BCUT2D eigenvalue weighted by atomic mass is 9.96. The largest absolute Gasteiger partial charge is 0.414 e. The molecule has 1 saturated carbocycles. The van der Waals surface area contributed by atoms with Gasteiger partial charge in [0.15, 0.2) is 8.32 Å². The van der Waals surface area contributed by atoms with Crippen molar-refractivity contribution in [3.8, 4) is 0 Å². The predicted octanol–water partition coefficient (Wildman–Crippen LogP) is 6.08. The third kappa shape index (κ3) is 5.42. The average molecular weight is 459 g/mol. The molecule has 0 heterocycles. The van der Waals surface area contributed by atoms with Crippen molar-refractivity contribution >= 4 is 26.1 Å². The lowest BCUT2D eigenvalue weighted by molar-refractivity contribution is 0.0933. The quantitative estimate of drug-likeness (QED) is 0.436. The van der Waals surface area contributed by atoms with Gasteiger partial charge in [-0.15, -0.1) is 0 Å². The monoisotopic (exact) mass is 458 g/mol. The molecule has 0 radical (unpaired) electrons. The maximum Gasteiger partial charge on any atom is 0.192 e. The van der Waals surface area contributed by atoms with E-state index >= 15 is 0 Å². The third-order valence-corrected chi connectivity index (χ3v) is 15.5. The van der Waals surface area contributed by atoms with Gasteiger partial charge in [-0.1, -0.05) is 87.9 Å². The van der Waals surface area contributed by atoms with Crippen LogP contribution in [0.2, 0.25) is 18.1 Å². The summed E-state index contributed by atoms with van der Waals surface area (Å²) in [6.07, 6.45) is 3.69. The van der Waals surface area contributed by atoms with Gasteiger partial charge in [0.1, 0.15) is 7.14 Å². The van der Waals surface area contributed by atoms with E-state index in [4.69, 9.17) is 4.43 Å². The number of aliphatic hydroxyl groups excluding tert-OH is 1. The predicted molar refractivity (Wildman–Crippen MR) is 135 cm³/mol. The first kappa shape index (κ1) is 24.4. The molecule has 0 aromatic heterocycles. The maximum absolute atomic E-state index is 14.7. The molecule has 1 aliphatic rings. The summed E-state index contributed by atoms with van der Waals surface area (Å²) in [6.45, 7) is 11.4. The first-order valence-electron chi connectivity index (χ1n) is 11.6. The van der Waals surface area contributed by atoms with E-state index in [-0.39, 0.29) is 16.8 Å². The van der Waals surface area contributed by atoms with Gasteiger partial charge in [-0.3, -0.25) is 0 Å². The van der Waals surface area contributed by atoms with E-state index in [9.17, 15) is 9.67 Å². The fourth-order valence-corrected chi connectivity index (χ4v) is 9.30. The van der Waals surface area contributed by atoms with Crippen molar-refractivity contribution in [3.05, 3.63) is 60.7 Å². The summed E-state index contributed by atoms with van der Waals surface area (Å²) in [5.74, 6) is 0. The Bertz CT molecular complexity index is 833. The van der Waals surface area contributed by atoms with E-state index in [0.29, 0.717) is 6.42 Å². The molecule has 3 atom stereocenters. The topological polar surface area (TPSA) is 46.5 Å². The Labute approximate surface area is 189 Å². The van der Waals surface area contributed by atoms with Crippen LogP contribution in [-0.4, -0.2) is 31.3 Å². The van der Waals surface area contributed by atoms with Crippen molar-refractivity contribution in [1.29, 1.82) is 0 Å². The van der Waals surface area contributed by atoms with Gasteiger partial charge in [-0.25, -0.2) is 0 Å². The summed E-state index contributed by atoms with van der Waals surface area (Å²) in [4.78, 5) is 0. The van der Waals surface area contributed by atoms with Crippen molar-refractivity contribution < 1.29 is 14.1 Å². The van der Waals surface area contributed by atoms with Crippen LogP contribution in [0.25, 0.3) is 0 Å². The van der Waals surface area contributed by atoms with Crippen LogP contribution in [0.4, 0.5) is 0 Å². The Kier molecular flexibility index (Phi) is 7.69. The first-order chi connectivity index (χ1) is 14.6. The molecule has 1 aliphatic carbocycles. The number of hydrogen-bond acceptors (Lipinski definition) is 3. The lowest BCUT2D eigenvalue weighted by Crippen LogP contribution is -2.45. The number of rotatable bonds is 5. The summed E-state index contributed by atoms with van der Waals surface area (Å²) >= 11 is 0. The molecule has 0 bridgehead atoms. The molecule has 170 valence electrons. The molecule has 1 unspecified atom stereocenters. The Morgan fingerprint density at radius 3 is 1.87 bits per heavy atom. The van der Waals surface area contributed by atoms with Crippen LogP contribution in [0.3, 0.4) is 0 Å². The average Bonchev–Trinajstić information content (AvgIpc) is 2.73. The van der Waals surface area contributed by atoms with Gasteiger partial charge in [-0.05, 0) is 43.8 Å². The zero-order chi connectivity index (χ0) is 22.7. The minimum atomic E-state index is -2.97. The van der Waals surface area contributed by atoms with Crippen LogP contribution < -0.4 is 10.6 Å². The van der Waals surface area contributed by atoms with E-state index in [2.05, 4.69) is 33.9 Å². The molecule has 0 aliphatic heterocycles. The highest BCUT2D eigenvalue weighted by atomic mass is 31.2. The molecular weight excluding hydrogens is 419 g/mol. The van der Waals surface area contributed by atoms with Gasteiger partial charge < -0.3 is 14.1 Å².